The number of benzene rings is 3. The van der Waals surface area contributed by atoms with Crippen LogP contribution in [0, 0.1) is 0 Å². The van der Waals surface area contributed by atoms with Gasteiger partial charge in [0.15, 0.2) is 0 Å². The number of hydrogen-bond donors (Lipinski definition) is 0. The molecule has 29 heavy (non-hydrogen) atoms. The van der Waals surface area contributed by atoms with Crippen molar-refractivity contribution in [3.05, 3.63) is 115 Å². The van der Waals surface area contributed by atoms with Crippen LogP contribution in [0.4, 0.5) is 0 Å². The van der Waals surface area contributed by atoms with Gasteiger partial charge in [0.1, 0.15) is 0 Å². The first-order valence-corrected chi connectivity index (χ1v) is 25.7. The summed E-state index contributed by atoms with van der Waals surface area (Å²) in [4.78, 5) is 0. The minimum Gasteiger partial charge on any atom is -0.168 e. The molecule has 0 aliphatic rings. The van der Waals surface area contributed by atoms with Crippen molar-refractivity contribution in [3.63, 3.8) is 0 Å². The largest absolute Gasteiger partial charge is 0.168 e. The van der Waals surface area contributed by atoms with Crippen molar-refractivity contribution in [2.45, 2.75) is 6.55 Å². The zero-order chi connectivity index (χ0) is 20.5. The van der Waals surface area contributed by atoms with Gasteiger partial charge in [0, 0.05) is 0 Å². The maximum Gasteiger partial charge on any atom is -0.0809 e. The molecule has 5 rings (SSSR count). The fourth-order valence-corrected chi connectivity index (χ4v) is 13.4. The molecule has 0 saturated heterocycles. The van der Waals surface area contributed by atoms with Gasteiger partial charge in [-0.2, -0.15) is 35.0 Å². The van der Waals surface area contributed by atoms with Gasteiger partial charge < -0.3 is 0 Å². The van der Waals surface area contributed by atoms with Crippen LogP contribution in [0.15, 0.2) is 115 Å². The van der Waals surface area contributed by atoms with Crippen LogP contribution < -0.4 is 5.19 Å². The molecule has 0 aliphatic carbocycles. The Bertz CT molecular complexity index is 1060. The Balaban J connectivity index is 0.000000125. The fraction of sp³-hybridized carbons (Fsp3) is 0.0400. The molecule has 0 aromatic heterocycles. The number of rotatable bonds is 1. The molecule has 0 N–H and O–H groups in total. The van der Waals surface area contributed by atoms with Crippen molar-refractivity contribution >= 4 is 49.4 Å². The van der Waals surface area contributed by atoms with E-state index in [0.29, 0.717) is 0 Å². The van der Waals surface area contributed by atoms with Crippen molar-refractivity contribution in [2.24, 2.45) is 0 Å². The van der Waals surface area contributed by atoms with Gasteiger partial charge in [-0.05, 0) is 0 Å². The minimum atomic E-state index is -2.10. The minimum absolute atomic E-state index is 0.540. The molecule has 0 nitrogen and oxygen atoms in total. The third kappa shape index (κ3) is 6.79. The standard InChI is InChI=1S/2C9H7.C7H8Si.2ClH.Hf/c2*1-2-5-9-7-3-6-8(9)4-1;1-8-7-5-3-2-4-6-7;;;/h2*1-7H;2-6H,1H3;2*1H;/q2*-1;;;;+2/p-2. The molecule has 146 valence electrons. The average molecular weight is 600 g/mol. The molecule has 0 bridgehead atoms. The van der Waals surface area contributed by atoms with Crippen LogP contribution in [0.2, 0.25) is 6.55 Å². The summed E-state index contributed by atoms with van der Waals surface area (Å²) >= 11 is -2.10. The molecule has 0 spiro atoms. The van der Waals surface area contributed by atoms with E-state index < -0.39 is 23.2 Å². The van der Waals surface area contributed by atoms with Gasteiger partial charge in [0.2, 0.25) is 0 Å². The monoisotopic (exact) mass is 600 g/mol. The van der Waals surface area contributed by atoms with Crippen LogP contribution in [-0.2, 0) is 17.7 Å². The Labute approximate surface area is 187 Å². The predicted molar refractivity (Wildman–Crippen MR) is 128 cm³/mol. The van der Waals surface area contributed by atoms with Crippen LogP contribution in [0.25, 0.3) is 21.5 Å². The van der Waals surface area contributed by atoms with Crippen molar-refractivity contribution in [1.29, 1.82) is 0 Å². The molecule has 0 saturated carbocycles. The van der Waals surface area contributed by atoms with E-state index in [4.69, 9.17) is 17.2 Å². The molecule has 0 heterocycles. The first-order chi connectivity index (χ1) is 14.1. The Kier molecular flexibility index (Phi) is 8.94. The van der Waals surface area contributed by atoms with Crippen molar-refractivity contribution in [3.8, 4) is 0 Å². The zero-order valence-electron chi connectivity index (χ0n) is 16.2. The second-order valence-electron chi connectivity index (χ2n) is 6.56. The smallest absolute Gasteiger partial charge is 0.0809 e. The molecule has 0 aliphatic heterocycles. The van der Waals surface area contributed by atoms with E-state index in [-0.39, 0.29) is 0 Å². The van der Waals surface area contributed by atoms with E-state index in [1.54, 1.807) is 0 Å². The topological polar surface area (TPSA) is 0 Å². The van der Waals surface area contributed by atoms with E-state index in [1.807, 2.05) is 18.2 Å². The molecule has 0 radical (unpaired) electrons. The number of halogens is 2. The normalized spacial score (nSPS) is 9.90. The van der Waals surface area contributed by atoms with Gasteiger partial charge in [-0.15, -0.1) is 59.3 Å². The van der Waals surface area contributed by atoms with E-state index in [1.165, 1.54) is 26.7 Å². The molecule has 4 heteroatoms. The van der Waals surface area contributed by atoms with Gasteiger partial charge in [-0.3, -0.25) is 0 Å². The summed E-state index contributed by atoms with van der Waals surface area (Å²) in [6.07, 6.45) is 0. The van der Waals surface area contributed by atoms with E-state index in [2.05, 4.69) is 104 Å². The van der Waals surface area contributed by atoms with E-state index >= 15 is 0 Å². The zero-order valence-corrected chi connectivity index (χ0v) is 22.3. The summed E-state index contributed by atoms with van der Waals surface area (Å²) in [5, 5.41) is 6.70. The van der Waals surface area contributed by atoms with Gasteiger partial charge in [0.05, 0.1) is 0 Å². The van der Waals surface area contributed by atoms with Crippen LogP contribution in [-0.4, -0.2) is 5.49 Å². The van der Waals surface area contributed by atoms with Gasteiger partial charge in [0.25, 0.3) is 0 Å². The maximum atomic E-state index is 5.99. The Morgan fingerprint density at radius 2 is 1.07 bits per heavy atom. The van der Waals surface area contributed by atoms with Gasteiger partial charge >= 0.3 is 82.4 Å². The maximum absolute atomic E-state index is 5.99. The first-order valence-electron chi connectivity index (χ1n) is 9.43. The summed E-state index contributed by atoms with van der Waals surface area (Å²) in [5.74, 6) is 0. The van der Waals surface area contributed by atoms with Gasteiger partial charge in [-0.1, -0.05) is 12.1 Å². The summed E-state index contributed by atoms with van der Waals surface area (Å²) in [6.45, 7) is 2.21. The van der Waals surface area contributed by atoms with Crippen LogP contribution >= 0.6 is 17.2 Å². The van der Waals surface area contributed by atoms with Crippen molar-refractivity contribution in [2.75, 3.05) is 0 Å². The Morgan fingerprint density at radius 1 is 0.621 bits per heavy atom. The molecular formula is C25H22Cl2HfSi-2. The Morgan fingerprint density at radius 3 is 1.52 bits per heavy atom. The molecule has 0 fully saturated rings. The first kappa shape index (κ1) is 22.2. The van der Waals surface area contributed by atoms with Gasteiger partial charge in [-0.25, -0.2) is 0 Å². The molecule has 0 unspecified atom stereocenters. The molecule has 0 amide bonds. The van der Waals surface area contributed by atoms with Crippen molar-refractivity contribution < 1.29 is 17.7 Å². The predicted octanol–water partition coefficient (Wildman–Crippen LogP) is 7.56. The molecular weight excluding hydrogens is 578 g/mol. The number of hydrogen-bond acceptors (Lipinski definition) is 0. The van der Waals surface area contributed by atoms with E-state index in [9.17, 15) is 0 Å². The quantitative estimate of drug-likeness (QED) is 0.138. The van der Waals surface area contributed by atoms with Crippen LogP contribution in [0.1, 0.15) is 0 Å². The second kappa shape index (κ2) is 11.7. The Hall–Kier alpha value is -1.45. The summed E-state index contributed by atoms with van der Waals surface area (Å²) < 4.78 is 0. The average Bonchev–Trinajstić information content (AvgIpc) is 3.44. The third-order valence-electron chi connectivity index (χ3n) is 4.59. The molecule has 5 aromatic rings. The second-order valence-corrected chi connectivity index (χ2v) is 35.4. The number of fused-ring (bicyclic) bond motifs is 2. The summed E-state index contributed by atoms with van der Waals surface area (Å²) in [6, 6.07) is 39.7. The summed E-state index contributed by atoms with van der Waals surface area (Å²) in [5.41, 5.74) is -0.540. The van der Waals surface area contributed by atoms with Crippen LogP contribution in [0.3, 0.4) is 0 Å². The van der Waals surface area contributed by atoms with Crippen molar-refractivity contribution in [1.82, 2.24) is 0 Å². The molecule has 5 aromatic carbocycles. The van der Waals surface area contributed by atoms with Crippen LogP contribution in [0.5, 0.6) is 0 Å². The fourth-order valence-electron chi connectivity index (χ4n) is 2.94. The summed E-state index contributed by atoms with van der Waals surface area (Å²) in [7, 11) is 12.0. The van der Waals surface area contributed by atoms with E-state index in [0.717, 1.165) is 0 Å². The molecule has 0 atom stereocenters. The SMILES string of the molecule is C[Si](c1ccccc1)=[Hf]([Cl])[Cl].c1ccc2[cH-]ccc2c1.c1ccc2[cH-]ccc2c1. The third-order valence-corrected chi connectivity index (χ3v) is 29.5.